The van der Waals surface area contributed by atoms with E-state index in [9.17, 15) is 5.11 Å². The van der Waals surface area contributed by atoms with Crippen LogP contribution in [-0.4, -0.2) is 5.11 Å². The zero-order chi connectivity index (χ0) is 26.8. The van der Waals surface area contributed by atoms with Crippen LogP contribution in [0.25, 0.3) is 44.2 Å². The van der Waals surface area contributed by atoms with Crippen LogP contribution in [0, 0.1) is 0 Å². The van der Waals surface area contributed by atoms with Gasteiger partial charge in [-0.3, -0.25) is 0 Å². The highest BCUT2D eigenvalue weighted by Gasteiger charge is 2.48. The lowest BCUT2D eigenvalue weighted by Crippen LogP contribution is -2.28. The Balaban J connectivity index is 1.66. The molecule has 1 aliphatic rings. The molecule has 7 aromatic rings. The average Bonchev–Trinajstić information content (AvgIpc) is 3.52. The summed E-state index contributed by atoms with van der Waals surface area (Å²) in [6.45, 7) is 0. The molecule has 0 bridgehead atoms. The molecular weight excluding hydrogens is 512 g/mol. The Morgan fingerprint density at radius 3 is 1.95 bits per heavy atom. The van der Waals surface area contributed by atoms with Gasteiger partial charge in [0.25, 0.3) is 0 Å². The van der Waals surface area contributed by atoms with Crippen LogP contribution in [0.4, 0.5) is 0 Å². The van der Waals surface area contributed by atoms with Crippen molar-refractivity contribution in [3.8, 4) is 28.0 Å². The van der Waals surface area contributed by atoms with E-state index in [0.29, 0.717) is 5.02 Å². The molecule has 3 heteroatoms. The smallest absolute Gasteiger partial charge is 0.144 e. The predicted octanol–water partition coefficient (Wildman–Crippen LogP) is 9.98. The van der Waals surface area contributed by atoms with Gasteiger partial charge in [-0.1, -0.05) is 115 Å². The van der Waals surface area contributed by atoms with Crippen LogP contribution < -0.4 is 0 Å². The number of fused-ring (bicyclic) bond motifs is 7. The Morgan fingerprint density at radius 2 is 1.23 bits per heavy atom. The molecule has 8 rings (SSSR count). The van der Waals surface area contributed by atoms with Crippen molar-refractivity contribution in [3.05, 3.63) is 161 Å². The standard InChI is InChI=1S/C37H23ClO2/c38-25-19-20-27-30(21-25)37(23-11-3-1-4-12-23,24-13-5-2-6-14-24)31-22-29(26-15-7-9-17-32(26)39)36-35(34(27)31)28-16-8-10-18-33(28)40-36/h1-22,39H. The van der Waals surface area contributed by atoms with Gasteiger partial charge < -0.3 is 9.52 Å². The largest absolute Gasteiger partial charge is 0.507 e. The molecule has 2 nitrogen and oxygen atoms in total. The molecular formula is C37H23ClO2. The molecule has 0 spiro atoms. The minimum Gasteiger partial charge on any atom is -0.507 e. The Labute approximate surface area is 236 Å². The highest BCUT2D eigenvalue weighted by molar-refractivity contribution is 6.31. The van der Waals surface area contributed by atoms with E-state index in [1.165, 1.54) is 0 Å². The zero-order valence-corrected chi connectivity index (χ0v) is 22.2. The van der Waals surface area contributed by atoms with Gasteiger partial charge in [0.05, 0.1) is 5.41 Å². The lowest BCUT2D eigenvalue weighted by molar-refractivity contribution is 0.477. The van der Waals surface area contributed by atoms with Gasteiger partial charge >= 0.3 is 0 Å². The van der Waals surface area contributed by atoms with Gasteiger partial charge in [0.15, 0.2) is 0 Å². The average molecular weight is 535 g/mol. The van der Waals surface area contributed by atoms with Crippen molar-refractivity contribution in [2.75, 3.05) is 0 Å². The fourth-order valence-electron chi connectivity index (χ4n) is 6.73. The quantitative estimate of drug-likeness (QED) is 0.244. The molecule has 1 heterocycles. The monoisotopic (exact) mass is 534 g/mol. The molecule has 0 saturated carbocycles. The number of aromatic hydroxyl groups is 1. The first-order valence-electron chi connectivity index (χ1n) is 13.4. The lowest BCUT2D eigenvalue weighted by atomic mass is 9.67. The Bertz CT molecular complexity index is 2030. The Morgan fingerprint density at radius 1 is 0.575 bits per heavy atom. The second-order valence-electron chi connectivity index (χ2n) is 10.3. The fraction of sp³-hybridized carbons (Fsp3) is 0.0270. The van der Waals surface area contributed by atoms with Crippen LogP contribution >= 0.6 is 11.6 Å². The van der Waals surface area contributed by atoms with Crippen molar-refractivity contribution < 1.29 is 9.52 Å². The third-order valence-electron chi connectivity index (χ3n) is 8.31. The fourth-order valence-corrected chi connectivity index (χ4v) is 6.90. The first-order chi connectivity index (χ1) is 19.7. The number of halogens is 1. The molecule has 190 valence electrons. The SMILES string of the molecule is Oc1ccccc1-c1cc2c(c3c1oc1ccccc13)-c1ccc(Cl)cc1C2(c1ccccc1)c1ccccc1. The van der Waals surface area contributed by atoms with Crippen LogP contribution in [0.1, 0.15) is 22.3 Å². The van der Waals surface area contributed by atoms with Gasteiger partial charge in [0, 0.05) is 26.9 Å². The molecule has 0 aliphatic heterocycles. The molecule has 0 saturated heterocycles. The molecule has 0 atom stereocenters. The zero-order valence-electron chi connectivity index (χ0n) is 21.4. The van der Waals surface area contributed by atoms with Crippen LogP contribution in [0.2, 0.25) is 5.02 Å². The minimum absolute atomic E-state index is 0.216. The van der Waals surface area contributed by atoms with E-state index in [-0.39, 0.29) is 5.75 Å². The summed E-state index contributed by atoms with van der Waals surface area (Å²) < 4.78 is 6.60. The van der Waals surface area contributed by atoms with E-state index >= 15 is 0 Å². The summed E-state index contributed by atoms with van der Waals surface area (Å²) in [7, 11) is 0. The number of benzene rings is 6. The summed E-state index contributed by atoms with van der Waals surface area (Å²) in [5.74, 6) is 0.216. The summed E-state index contributed by atoms with van der Waals surface area (Å²) in [6, 6.07) is 45.4. The number of phenols is 1. The minimum atomic E-state index is -0.635. The second-order valence-corrected chi connectivity index (χ2v) is 10.8. The molecule has 0 unspecified atom stereocenters. The van der Waals surface area contributed by atoms with Gasteiger partial charge in [-0.2, -0.15) is 0 Å². The Kier molecular flexibility index (Phi) is 4.98. The number of furan rings is 1. The maximum atomic E-state index is 11.1. The summed E-state index contributed by atoms with van der Waals surface area (Å²) in [5, 5.41) is 13.8. The highest BCUT2D eigenvalue weighted by atomic mass is 35.5. The third kappa shape index (κ3) is 3.05. The number of hydrogen-bond donors (Lipinski definition) is 1. The molecule has 0 radical (unpaired) electrons. The first-order valence-corrected chi connectivity index (χ1v) is 13.7. The summed E-state index contributed by atoms with van der Waals surface area (Å²) in [6.07, 6.45) is 0. The van der Waals surface area contributed by atoms with E-state index in [2.05, 4.69) is 91.0 Å². The third-order valence-corrected chi connectivity index (χ3v) is 8.55. The number of rotatable bonds is 3. The van der Waals surface area contributed by atoms with Crippen LogP contribution in [0.5, 0.6) is 5.75 Å². The summed E-state index contributed by atoms with van der Waals surface area (Å²) >= 11 is 6.76. The van der Waals surface area contributed by atoms with Crippen molar-refractivity contribution in [1.29, 1.82) is 0 Å². The molecule has 0 amide bonds. The van der Waals surface area contributed by atoms with Crippen LogP contribution in [0.15, 0.2) is 138 Å². The lowest BCUT2D eigenvalue weighted by Gasteiger charge is -2.34. The van der Waals surface area contributed by atoms with Crippen LogP contribution in [0.3, 0.4) is 0 Å². The van der Waals surface area contributed by atoms with Gasteiger partial charge in [-0.25, -0.2) is 0 Å². The van der Waals surface area contributed by atoms with Crippen LogP contribution in [-0.2, 0) is 5.41 Å². The van der Waals surface area contributed by atoms with Gasteiger partial charge in [0.1, 0.15) is 16.9 Å². The molecule has 1 N–H and O–H groups in total. The second kappa shape index (κ2) is 8.61. The van der Waals surface area contributed by atoms with Crippen molar-refractivity contribution in [2.24, 2.45) is 0 Å². The van der Waals surface area contributed by atoms with E-state index in [1.807, 2.05) is 36.4 Å². The van der Waals surface area contributed by atoms with E-state index < -0.39 is 5.41 Å². The van der Waals surface area contributed by atoms with Crippen molar-refractivity contribution in [2.45, 2.75) is 5.41 Å². The molecule has 1 aliphatic carbocycles. The van der Waals surface area contributed by atoms with Gasteiger partial charge in [-0.05, 0) is 63.7 Å². The first kappa shape index (κ1) is 23.1. The van der Waals surface area contributed by atoms with Gasteiger partial charge in [-0.15, -0.1) is 0 Å². The van der Waals surface area contributed by atoms with Crippen molar-refractivity contribution in [3.63, 3.8) is 0 Å². The number of phenolic OH excluding ortho intramolecular Hbond substituents is 1. The maximum Gasteiger partial charge on any atom is 0.144 e. The van der Waals surface area contributed by atoms with Gasteiger partial charge in [0.2, 0.25) is 0 Å². The van der Waals surface area contributed by atoms with Crippen molar-refractivity contribution >= 4 is 33.5 Å². The van der Waals surface area contributed by atoms with Crippen molar-refractivity contribution in [1.82, 2.24) is 0 Å². The topological polar surface area (TPSA) is 33.4 Å². The van der Waals surface area contributed by atoms with E-state index in [0.717, 1.165) is 66.4 Å². The van der Waals surface area contributed by atoms with E-state index in [4.69, 9.17) is 16.0 Å². The maximum absolute atomic E-state index is 11.1. The predicted molar refractivity (Wildman–Crippen MR) is 163 cm³/mol. The Hall–Kier alpha value is -4.79. The number of para-hydroxylation sites is 2. The highest BCUT2D eigenvalue weighted by Crippen LogP contribution is 2.60. The summed E-state index contributed by atoms with van der Waals surface area (Å²) in [4.78, 5) is 0. The normalized spacial score (nSPS) is 13.4. The van der Waals surface area contributed by atoms with E-state index in [1.54, 1.807) is 6.07 Å². The summed E-state index contributed by atoms with van der Waals surface area (Å²) in [5.41, 5.74) is 9.38. The molecule has 0 fully saturated rings. The number of hydrogen-bond acceptors (Lipinski definition) is 2. The molecule has 40 heavy (non-hydrogen) atoms. The molecule has 6 aromatic carbocycles. The molecule has 1 aromatic heterocycles.